The maximum atomic E-state index is 13.3. The first-order valence-electron chi connectivity index (χ1n) is 13.6. The number of hydrogen-bond donors (Lipinski definition) is 4. The van der Waals surface area contributed by atoms with Crippen LogP contribution in [0, 0.1) is 22.7 Å². The second kappa shape index (κ2) is 11.8. The molecule has 0 spiro atoms. The Kier molecular flexibility index (Phi) is 9.05. The molecule has 11 heteroatoms. The Hall–Kier alpha value is -2.07. The zero-order valence-electron chi connectivity index (χ0n) is 22.7. The van der Waals surface area contributed by atoms with E-state index < -0.39 is 29.1 Å². The quantitative estimate of drug-likeness (QED) is 0.397. The average molecular weight is 585 g/mol. The number of amides is 3. The Morgan fingerprint density at radius 2 is 1.87 bits per heavy atom. The van der Waals surface area contributed by atoms with Crippen molar-refractivity contribution >= 4 is 46.8 Å². The number of ether oxygens (including phenoxy) is 1. The molecule has 1 heterocycles. The molecule has 3 amide bonds. The van der Waals surface area contributed by atoms with E-state index in [1.807, 2.05) is 6.92 Å². The number of halogens is 2. The fourth-order valence-electron chi connectivity index (χ4n) is 7.34. The summed E-state index contributed by atoms with van der Waals surface area (Å²) in [6.45, 7) is 6.35. The number of rotatable bonds is 6. The van der Waals surface area contributed by atoms with Crippen molar-refractivity contribution in [3.63, 3.8) is 0 Å². The molecule has 3 fully saturated rings. The van der Waals surface area contributed by atoms with Crippen LogP contribution in [0.4, 0.5) is 10.5 Å². The van der Waals surface area contributed by atoms with Gasteiger partial charge in [0.2, 0.25) is 11.8 Å². The number of carbonyl (C=O) groups excluding carboxylic acids is 3. The van der Waals surface area contributed by atoms with E-state index in [-0.39, 0.29) is 42.7 Å². The number of nitrogens with one attached hydrogen (secondary N) is 2. The van der Waals surface area contributed by atoms with Crippen LogP contribution in [0.3, 0.4) is 0 Å². The van der Waals surface area contributed by atoms with Crippen LogP contribution in [-0.4, -0.2) is 71.0 Å². The Balaban J connectivity index is 1.46. The lowest BCUT2D eigenvalue weighted by Crippen LogP contribution is -2.61. The largest absolute Gasteiger partial charge is 0.445 e. The molecular weight excluding hydrogens is 545 g/mol. The van der Waals surface area contributed by atoms with E-state index in [2.05, 4.69) is 17.6 Å². The van der Waals surface area contributed by atoms with Gasteiger partial charge in [-0.05, 0) is 67.6 Å². The number of aliphatic hydroxyl groups excluding tert-OH is 2. The highest BCUT2D eigenvalue weighted by Crippen LogP contribution is 2.61. The first kappa shape index (κ1) is 29.9. The lowest BCUT2D eigenvalue weighted by atomic mass is 9.46. The monoisotopic (exact) mass is 583 g/mol. The van der Waals surface area contributed by atoms with Crippen molar-refractivity contribution in [3.8, 4) is 0 Å². The van der Waals surface area contributed by atoms with Crippen molar-refractivity contribution in [2.45, 2.75) is 77.5 Å². The fourth-order valence-corrected chi connectivity index (χ4v) is 7.64. The van der Waals surface area contributed by atoms with Gasteiger partial charge < -0.3 is 25.2 Å². The van der Waals surface area contributed by atoms with Crippen LogP contribution in [0.15, 0.2) is 18.2 Å². The first-order chi connectivity index (χ1) is 18.4. The Bertz CT molecular complexity index is 1110. The number of anilines is 1. The third kappa shape index (κ3) is 6.16. The standard InChI is InChI=1S/C28H39Cl2N3O6/c1-16(35)31-18-9-11-33(14-18)25(37)13-19-22(36)6-7-23-27(19,2)10-8-24(28(23,3)15-34)39-26(38)32-17-4-5-20(29)21(30)12-17/h4-5,12,18-19,22-24,34,36H,6-11,13-15H2,1-3H3,(H,31,35)(H,32,38). The predicted molar refractivity (Wildman–Crippen MR) is 149 cm³/mol. The molecule has 3 aliphatic rings. The molecule has 216 valence electrons. The molecule has 2 aliphatic carbocycles. The van der Waals surface area contributed by atoms with Gasteiger partial charge in [-0.25, -0.2) is 4.79 Å². The second-order valence-electron chi connectivity index (χ2n) is 11.9. The third-order valence-electron chi connectivity index (χ3n) is 9.43. The molecule has 1 aromatic rings. The van der Waals surface area contributed by atoms with E-state index in [4.69, 9.17) is 27.9 Å². The van der Waals surface area contributed by atoms with Crippen molar-refractivity contribution in [1.82, 2.24) is 10.2 Å². The van der Waals surface area contributed by atoms with E-state index in [1.54, 1.807) is 17.0 Å². The fraction of sp³-hybridized carbons (Fsp3) is 0.679. The van der Waals surface area contributed by atoms with Crippen LogP contribution in [0.5, 0.6) is 0 Å². The van der Waals surface area contributed by atoms with E-state index in [0.717, 1.165) is 0 Å². The van der Waals surface area contributed by atoms with Gasteiger partial charge in [0.1, 0.15) is 6.10 Å². The van der Waals surface area contributed by atoms with Crippen LogP contribution < -0.4 is 10.6 Å². The van der Waals surface area contributed by atoms with E-state index in [1.165, 1.54) is 13.0 Å². The summed E-state index contributed by atoms with van der Waals surface area (Å²) >= 11 is 12.0. The third-order valence-corrected chi connectivity index (χ3v) is 10.2. The molecule has 1 aromatic carbocycles. The predicted octanol–water partition coefficient (Wildman–Crippen LogP) is 4.22. The summed E-state index contributed by atoms with van der Waals surface area (Å²) < 4.78 is 5.88. The van der Waals surface area contributed by atoms with Gasteiger partial charge in [-0.3, -0.25) is 14.9 Å². The van der Waals surface area contributed by atoms with Crippen molar-refractivity contribution in [3.05, 3.63) is 28.2 Å². The van der Waals surface area contributed by atoms with Crippen LogP contribution in [0.2, 0.25) is 10.0 Å². The van der Waals surface area contributed by atoms with Crippen LogP contribution in [-0.2, 0) is 14.3 Å². The van der Waals surface area contributed by atoms with E-state index >= 15 is 0 Å². The van der Waals surface area contributed by atoms with Crippen molar-refractivity contribution in [2.75, 3.05) is 25.0 Å². The molecule has 4 rings (SSSR count). The highest BCUT2D eigenvalue weighted by atomic mass is 35.5. The maximum absolute atomic E-state index is 13.3. The van der Waals surface area contributed by atoms with Gasteiger partial charge in [-0.15, -0.1) is 0 Å². The first-order valence-corrected chi connectivity index (χ1v) is 14.4. The molecule has 1 saturated heterocycles. The molecule has 9 nitrogen and oxygen atoms in total. The summed E-state index contributed by atoms with van der Waals surface area (Å²) in [5.74, 6) is -0.502. The Labute approximate surface area is 239 Å². The van der Waals surface area contributed by atoms with Crippen LogP contribution >= 0.6 is 23.2 Å². The minimum atomic E-state index is -0.756. The summed E-state index contributed by atoms with van der Waals surface area (Å²) in [7, 11) is 0. The van der Waals surface area contributed by atoms with Crippen molar-refractivity contribution in [2.24, 2.45) is 22.7 Å². The van der Waals surface area contributed by atoms with Crippen molar-refractivity contribution < 1.29 is 29.3 Å². The van der Waals surface area contributed by atoms with Gasteiger partial charge in [0.25, 0.3) is 0 Å². The zero-order chi connectivity index (χ0) is 28.5. The van der Waals surface area contributed by atoms with Crippen molar-refractivity contribution in [1.29, 1.82) is 0 Å². The molecule has 0 aromatic heterocycles. The molecule has 39 heavy (non-hydrogen) atoms. The normalized spacial score (nSPS) is 34.2. The minimum Gasteiger partial charge on any atom is -0.445 e. The smallest absolute Gasteiger partial charge is 0.411 e. The van der Waals surface area contributed by atoms with Crippen LogP contribution in [0.25, 0.3) is 0 Å². The molecule has 4 N–H and O–H groups in total. The minimum absolute atomic E-state index is 0.0288. The van der Waals surface area contributed by atoms with Gasteiger partial charge in [-0.1, -0.05) is 37.0 Å². The lowest BCUT2D eigenvalue weighted by Gasteiger charge is -2.60. The molecule has 1 aliphatic heterocycles. The SMILES string of the molecule is CC(=O)NC1CCN(C(=O)CC2C(O)CCC3C(C)(CO)C(OC(=O)Nc4ccc(Cl)c(Cl)c4)CCC23C)C1. The lowest BCUT2D eigenvalue weighted by molar-refractivity contribution is -0.186. The molecular formula is C28H39Cl2N3O6. The Morgan fingerprint density at radius 3 is 2.54 bits per heavy atom. The number of hydrogen-bond acceptors (Lipinski definition) is 6. The number of nitrogens with zero attached hydrogens (tertiary/aromatic N) is 1. The molecule has 7 unspecified atom stereocenters. The molecule has 2 saturated carbocycles. The maximum Gasteiger partial charge on any atom is 0.411 e. The number of aliphatic hydroxyl groups is 2. The summed E-state index contributed by atoms with van der Waals surface area (Å²) in [4.78, 5) is 39.3. The average Bonchev–Trinajstić information content (AvgIpc) is 3.33. The van der Waals surface area contributed by atoms with E-state index in [0.29, 0.717) is 60.9 Å². The topological polar surface area (TPSA) is 128 Å². The van der Waals surface area contributed by atoms with Crippen LogP contribution in [0.1, 0.15) is 59.3 Å². The highest BCUT2D eigenvalue weighted by molar-refractivity contribution is 6.42. The summed E-state index contributed by atoms with van der Waals surface area (Å²) in [5, 5.41) is 28.0. The highest BCUT2D eigenvalue weighted by Gasteiger charge is 2.60. The van der Waals surface area contributed by atoms with Gasteiger partial charge in [0.15, 0.2) is 0 Å². The number of carbonyl (C=O) groups is 3. The van der Waals surface area contributed by atoms with E-state index in [9.17, 15) is 24.6 Å². The van der Waals surface area contributed by atoms with Gasteiger partial charge in [0, 0.05) is 43.6 Å². The summed E-state index contributed by atoms with van der Waals surface area (Å²) in [5.41, 5.74) is -0.738. The van der Waals surface area contributed by atoms with Gasteiger partial charge in [0.05, 0.1) is 22.8 Å². The molecule has 0 bridgehead atoms. The zero-order valence-corrected chi connectivity index (χ0v) is 24.2. The summed E-state index contributed by atoms with van der Waals surface area (Å²) in [6.07, 6.45) is 1.37. The molecule has 0 radical (unpaired) electrons. The Morgan fingerprint density at radius 1 is 1.13 bits per heavy atom. The number of fused-ring (bicyclic) bond motifs is 1. The number of likely N-dealkylation sites (tertiary alicyclic amines) is 1. The van der Waals surface area contributed by atoms with Gasteiger partial charge in [-0.2, -0.15) is 0 Å². The molecule has 7 atom stereocenters. The number of benzene rings is 1. The second-order valence-corrected chi connectivity index (χ2v) is 12.7. The van der Waals surface area contributed by atoms with Gasteiger partial charge >= 0.3 is 6.09 Å². The summed E-state index contributed by atoms with van der Waals surface area (Å²) in [6, 6.07) is 4.70.